The van der Waals surface area contributed by atoms with Gasteiger partial charge in [-0.05, 0) is 50.0 Å². The largest absolute Gasteiger partial charge is 0.508 e. The summed E-state index contributed by atoms with van der Waals surface area (Å²) in [4.78, 5) is 47.2. The normalized spacial score (nSPS) is 24.8. The van der Waals surface area contributed by atoms with Crippen LogP contribution in [0.2, 0.25) is 0 Å². The van der Waals surface area contributed by atoms with E-state index in [9.17, 15) is 34.8 Å². The second-order valence-electron chi connectivity index (χ2n) is 12.0. The second-order valence-corrected chi connectivity index (χ2v) is 12.0. The molecule has 1 saturated carbocycles. The van der Waals surface area contributed by atoms with E-state index in [0.717, 1.165) is 10.6 Å². The third kappa shape index (κ3) is 4.77. The fourth-order valence-electron chi connectivity index (χ4n) is 6.82. The number of rotatable bonds is 6. The quantitative estimate of drug-likeness (QED) is 0.0757. The first-order chi connectivity index (χ1) is 21.1. The molecule has 0 saturated heterocycles. The number of primary amides is 1. The lowest BCUT2D eigenvalue weighted by Gasteiger charge is -2.50. The van der Waals surface area contributed by atoms with Crippen LogP contribution in [-0.2, 0) is 27.3 Å². The van der Waals surface area contributed by atoms with Gasteiger partial charge in [-0.3, -0.25) is 19.3 Å². The summed E-state index contributed by atoms with van der Waals surface area (Å²) in [6, 6.07) is 9.70. The van der Waals surface area contributed by atoms with Crippen LogP contribution in [0.3, 0.4) is 0 Å². The number of anilines is 2. The van der Waals surface area contributed by atoms with E-state index >= 15 is 0 Å². The highest BCUT2D eigenvalue weighted by Crippen LogP contribution is 2.54. The number of phenols is 1. The number of aliphatic imine (C=N–C) groups is 1. The third-order valence-corrected chi connectivity index (χ3v) is 8.93. The molecule has 4 atom stereocenters. The monoisotopic (exact) mass is 619 g/mol. The lowest BCUT2D eigenvalue weighted by atomic mass is 9.57. The number of aliphatic hydroxyl groups excluding tert-OH is 2. The van der Waals surface area contributed by atoms with Crippen LogP contribution in [0.15, 0.2) is 58.3 Å². The van der Waals surface area contributed by atoms with Gasteiger partial charge in [0.15, 0.2) is 17.1 Å². The second kappa shape index (κ2) is 11.2. The minimum atomic E-state index is -2.74. The predicted octanol–water partition coefficient (Wildman–Crippen LogP) is 0.225. The number of aliphatic hydroxyl groups is 3. The van der Waals surface area contributed by atoms with E-state index in [4.69, 9.17) is 17.3 Å². The summed E-state index contributed by atoms with van der Waals surface area (Å²) < 4.78 is 0. The number of phenolic OH excluding ortho intramolecular Hbond substituents is 1. The summed E-state index contributed by atoms with van der Waals surface area (Å²) in [5.74, 6) is -1.22. The average Bonchev–Trinajstić information content (AvgIpc) is 2.97. The van der Waals surface area contributed by atoms with Gasteiger partial charge < -0.3 is 36.8 Å². The number of likely N-dealkylation sites (N-methyl/N-ethyl adjacent to an activating group) is 1. The Morgan fingerprint density at radius 2 is 1.69 bits per heavy atom. The van der Waals surface area contributed by atoms with E-state index in [1.807, 2.05) is 30.3 Å². The number of benzene rings is 2. The van der Waals surface area contributed by atoms with E-state index in [2.05, 4.69) is 4.99 Å². The number of nitrogens with zero attached hydrogens (tertiary/aromatic N) is 4. The molecular weight excluding hydrogens is 582 g/mol. The Morgan fingerprint density at radius 1 is 1.04 bits per heavy atom. The van der Waals surface area contributed by atoms with Gasteiger partial charge in [-0.15, -0.1) is 0 Å². The lowest BCUT2D eigenvalue weighted by molar-refractivity contribution is -0.153. The van der Waals surface area contributed by atoms with Crippen LogP contribution in [0.5, 0.6) is 5.75 Å². The molecule has 0 aliphatic heterocycles. The fraction of sp³-hybridized carbons (Fsp3) is 0.355. The van der Waals surface area contributed by atoms with Crippen LogP contribution in [-0.4, -0.2) is 88.6 Å². The Bertz CT molecular complexity index is 1700. The predicted molar refractivity (Wildman–Crippen MR) is 167 cm³/mol. The molecule has 1 unspecified atom stereocenters. The van der Waals surface area contributed by atoms with Crippen molar-refractivity contribution in [2.24, 2.45) is 34.1 Å². The van der Waals surface area contributed by atoms with Gasteiger partial charge in [0.05, 0.1) is 18.2 Å². The summed E-state index contributed by atoms with van der Waals surface area (Å²) in [5.41, 5.74) is 9.47. The molecule has 1 fully saturated rings. The zero-order chi connectivity index (χ0) is 33.1. The molecule has 0 heterocycles. The van der Waals surface area contributed by atoms with Gasteiger partial charge >= 0.3 is 0 Å². The molecule has 10 N–H and O–H groups in total. The molecule has 0 bridgehead atoms. The van der Waals surface area contributed by atoms with Crippen LogP contribution in [0.25, 0.3) is 5.76 Å². The molecule has 45 heavy (non-hydrogen) atoms. The highest BCUT2D eigenvalue weighted by Gasteiger charge is 2.64. The number of nitrogens with two attached hydrogens (primary N) is 3. The number of hydrogen-bond donors (Lipinski definition) is 7. The number of guanidine groups is 1. The van der Waals surface area contributed by atoms with E-state index < -0.39 is 63.8 Å². The van der Waals surface area contributed by atoms with Crippen molar-refractivity contribution in [2.45, 2.75) is 31.0 Å². The smallest absolute Gasteiger partial charge is 0.255 e. The molecule has 0 radical (unpaired) electrons. The van der Waals surface area contributed by atoms with Crippen molar-refractivity contribution in [2.75, 3.05) is 38.1 Å². The minimum Gasteiger partial charge on any atom is -0.508 e. The molecule has 5 rings (SSSR count). The maximum Gasteiger partial charge on any atom is 0.255 e. The van der Waals surface area contributed by atoms with Crippen molar-refractivity contribution in [3.63, 3.8) is 0 Å². The highest BCUT2D eigenvalue weighted by molar-refractivity contribution is 6.24. The standard InChI is InChI=1S/C31H37N7O7/c1-36(2)18-12-19(38(34)30(33)35-13-14-8-6-5-7-9-14)24(39)21-16(18)10-15-11-17-23(37(3)4)26(41)22(29(32)44)28(43)31(17,45)27(42)20(15)25(21)40/h5-9,12,15,17,23,39-40,43,45H,10-11,13,34H2,1-4H3,(H2,32,44)(H2,33,35)/t15-,17-,23?,31-/m0/s1. The maximum atomic E-state index is 14.2. The molecule has 14 nitrogen and oxygen atoms in total. The van der Waals surface area contributed by atoms with Crippen LogP contribution in [0.1, 0.15) is 23.1 Å². The van der Waals surface area contributed by atoms with Crippen LogP contribution < -0.4 is 27.2 Å². The van der Waals surface area contributed by atoms with Gasteiger partial charge in [0.2, 0.25) is 11.7 Å². The summed E-state index contributed by atoms with van der Waals surface area (Å²) >= 11 is 0. The summed E-state index contributed by atoms with van der Waals surface area (Å²) in [6.07, 6.45) is 0.0985. The number of hydrazine groups is 1. The number of amides is 1. The first kappa shape index (κ1) is 31.5. The summed E-state index contributed by atoms with van der Waals surface area (Å²) in [6.45, 7) is 0.207. The number of carbonyl (C=O) groups is 3. The summed E-state index contributed by atoms with van der Waals surface area (Å²) in [5, 5.41) is 47.1. The molecule has 238 valence electrons. The maximum absolute atomic E-state index is 14.2. The number of aromatic hydroxyl groups is 1. The third-order valence-electron chi connectivity index (χ3n) is 8.93. The highest BCUT2D eigenvalue weighted by atomic mass is 16.3. The van der Waals surface area contributed by atoms with Crippen LogP contribution >= 0.6 is 0 Å². The van der Waals surface area contributed by atoms with E-state index in [1.165, 1.54) is 4.90 Å². The zero-order valence-corrected chi connectivity index (χ0v) is 25.4. The van der Waals surface area contributed by atoms with Gasteiger partial charge in [-0.25, -0.2) is 15.8 Å². The number of hydrogen-bond acceptors (Lipinski definition) is 11. The number of fused-ring (bicyclic) bond motifs is 3. The van der Waals surface area contributed by atoms with Crippen molar-refractivity contribution in [1.82, 2.24) is 4.90 Å². The van der Waals surface area contributed by atoms with E-state index in [-0.39, 0.29) is 42.2 Å². The van der Waals surface area contributed by atoms with Crippen molar-refractivity contribution >= 4 is 40.6 Å². The van der Waals surface area contributed by atoms with Gasteiger partial charge in [0.25, 0.3) is 5.91 Å². The van der Waals surface area contributed by atoms with Gasteiger partial charge in [0, 0.05) is 31.3 Å². The lowest BCUT2D eigenvalue weighted by Crippen LogP contribution is -2.65. The first-order valence-electron chi connectivity index (χ1n) is 14.2. The van der Waals surface area contributed by atoms with E-state index in [0.29, 0.717) is 11.3 Å². The van der Waals surface area contributed by atoms with Crippen molar-refractivity contribution in [3.8, 4) is 5.75 Å². The van der Waals surface area contributed by atoms with E-state index in [1.54, 1.807) is 39.2 Å². The molecule has 0 spiro atoms. The van der Waals surface area contributed by atoms with Crippen LogP contribution in [0.4, 0.5) is 11.4 Å². The van der Waals surface area contributed by atoms with Crippen molar-refractivity contribution in [1.29, 1.82) is 0 Å². The molecule has 2 aromatic rings. The Morgan fingerprint density at radius 3 is 2.27 bits per heavy atom. The minimum absolute atomic E-state index is 0.0214. The Labute approximate surface area is 259 Å². The molecule has 3 aliphatic carbocycles. The molecule has 14 heteroatoms. The van der Waals surface area contributed by atoms with Crippen LogP contribution in [0, 0.1) is 11.8 Å². The zero-order valence-electron chi connectivity index (χ0n) is 25.4. The summed E-state index contributed by atoms with van der Waals surface area (Å²) in [7, 11) is 6.59. The molecule has 1 amide bonds. The first-order valence-corrected chi connectivity index (χ1v) is 14.2. The number of ketones is 2. The van der Waals surface area contributed by atoms with Crippen molar-refractivity contribution < 1.29 is 34.8 Å². The molecule has 0 aromatic heterocycles. The Kier molecular flexibility index (Phi) is 7.85. The molecule has 3 aliphatic rings. The molecular formula is C31H37N7O7. The SMILES string of the molecule is CN(C)c1cc(N(N)C(N)=NCc2ccccc2)c(O)c2c1C[C@H]1C[C@H]3C(N(C)C)C(=O)C(C(N)=O)=C(O)[C@@]3(O)C(=O)C1=C2O. The van der Waals surface area contributed by atoms with Gasteiger partial charge in [-0.1, -0.05) is 30.3 Å². The number of carbonyl (C=O) groups excluding carboxylic acids is 3. The fourth-order valence-corrected chi connectivity index (χ4v) is 6.82. The van der Waals surface area contributed by atoms with Gasteiger partial charge in [-0.2, -0.15) is 0 Å². The molecule has 2 aromatic carbocycles. The Hall–Kier alpha value is -4.92. The number of Topliss-reactive ketones (excluding diaryl/α,β-unsaturated/α-hetero) is 2. The average molecular weight is 620 g/mol. The topological polar surface area (TPSA) is 232 Å². The van der Waals surface area contributed by atoms with Crippen molar-refractivity contribution in [3.05, 3.63) is 70.0 Å². The Balaban J connectivity index is 1.66. The van der Waals surface area contributed by atoms with Gasteiger partial charge in [0.1, 0.15) is 22.8 Å².